The van der Waals surface area contributed by atoms with Crippen LogP contribution < -0.4 is 5.32 Å². The summed E-state index contributed by atoms with van der Waals surface area (Å²) < 4.78 is 6.24. The molecular formula is C12H13Br2NO4. The number of benzene rings is 1. The number of carboxylic acids is 1. The van der Waals surface area contributed by atoms with Crippen molar-refractivity contribution in [2.45, 2.75) is 20.0 Å². The van der Waals surface area contributed by atoms with Gasteiger partial charge in [-0.05, 0) is 41.9 Å². The molecule has 1 aromatic carbocycles. The molecule has 0 radical (unpaired) electrons. The van der Waals surface area contributed by atoms with Crippen molar-refractivity contribution < 1.29 is 19.4 Å². The first-order valence-electron chi connectivity index (χ1n) is 5.45. The Morgan fingerprint density at radius 3 is 2.53 bits per heavy atom. The van der Waals surface area contributed by atoms with Gasteiger partial charge < -0.3 is 15.2 Å². The Morgan fingerprint density at radius 1 is 1.37 bits per heavy atom. The number of hydrogen-bond acceptors (Lipinski definition) is 3. The number of amides is 1. The van der Waals surface area contributed by atoms with E-state index in [9.17, 15) is 9.59 Å². The van der Waals surface area contributed by atoms with Gasteiger partial charge in [0.25, 0.3) is 0 Å². The maximum absolute atomic E-state index is 11.7. The molecule has 7 heteroatoms. The number of ether oxygens (including phenoxy) is 1. The van der Waals surface area contributed by atoms with Crippen molar-refractivity contribution in [2.24, 2.45) is 0 Å². The number of halogens is 2. The molecule has 1 rings (SSSR count). The quantitative estimate of drug-likeness (QED) is 0.803. The van der Waals surface area contributed by atoms with Crippen molar-refractivity contribution in [1.82, 2.24) is 0 Å². The fraction of sp³-hybridized carbons (Fsp3) is 0.333. The lowest BCUT2D eigenvalue weighted by molar-refractivity contribution is -0.121. The van der Waals surface area contributed by atoms with E-state index in [2.05, 4.69) is 37.2 Å². The SMILES string of the molecule is CC(C)OCC(=O)Nc1c(Br)cc(Br)cc1C(=O)O. The number of rotatable bonds is 5. The van der Waals surface area contributed by atoms with E-state index < -0.39 is 11.9 Å². The highest BCUT2D eigenvalue weighted by Gasteiger charge is 2.17. The number of anilines is 1. The molecule has 104 valence electrons. The molecule has 5 nitrogen and oxygen atoms in total. The summed E-state index contributed by atoms with van der Waals surface area (Å²) in [5, 5.41) is 11.7. The van der Waals surface area contributed by atoms with E-state index in [0.29, 0.717) is 8.95 Å². The molecule has 0 aromatic heterocycles. The smallest absolute Gasteiger partial charge is 0.337 e. The number of aromatic carboxylic acids is 1. The Labute approximate surface area is 127 Å². The van der Waals surface area contributed by atoms with Crippen LogP contribution in [-0.4, -0.2) is 29.7 Å². The largest absolute Gasteiger partial charge is 0.478 e. The predicted molar refractivity (Wildman–Crippen MR) is 78.5 cm³/mol. The van der Waals surface area contributed by atoms with E-state index >= 15 is 0 Å². The van der Waals surface area contributed by atoms with Crippen LogP contribution >= 0.6 is 31.9 Å². The molecule has 0 atom stereocenters. The summed E-state index contributed by atoms with van der Waals surface area (Å²) in [4.78, 5) is 22.8. The highest BCUT2D eigenvalue weighted by Crippen LogP contribution is 2.30. The molecule has 0 bridgehead atoms. The van der Waals surface area contributed by atoms with Gasteiger partial charge in [-0.2, -0.15) is 0 Å². The Hall–Kier alpha value is -0.920. The Balaban J connectivity index is 2.94. The minimum atomic E-state index is -1.12. The van der Waals surface area contributed by atoms with Crippen LogP contribution in [0.2, 0.25) is 0 Å². The normalized spacial score (nSPS) is 10.6. The fourth-order valence-electron chi connectivity index (χ4n) is 1.29. The summed E-state index contributed by atoms with van der Waals surface area (Å²) in [7, 11) is 0. The van der Waals surface area contributed by atoms with E-state index in [1.54, 1.807) is 6.07 Å². The Morgan fingerprint density at radius 2 is 2.00 bits per heavy atom. The molecule has 19 heavy (non-hydrogen) atoms. The van der Waals surface area contributed by atoms with E-state index in [1.807, 2.05) is 13.8 Å². The van der Waals surface area contributed by atoms with Crippen molar-refractivity contribution in [3.63, 3.8) is 0 Å². The fourth-order valence-corrected chi connectivity index (χ4v) is 2.61. The third kappa shape index (κ3) is 4.93. The van der Waals surface area contributed by atoms with Crippen LogP contribution in [0.5, 0.6) is 0 Å². The van der Waals surface area contributed by atoms with Crippen LogP contribution in [0, 0.1) is 0 Å². The number of nitrogens with one attached hydrogen (secondary N) is 1. The molecule has 0 aliphatic heterocycles. The summed E-state index contributed by atoms with van der Waals surface area (Å²) in [6.45, 7) is 3.50. The number of hydrogen-bond donors (Lipinski definition) is 2. The van der Waals surface area contributed by atoms with Crippen LogP contribution in [0.25, 0.3) is 0 Å². The van der Waals surface area contributed by atoms with E-state index in [1.165, 1.54) is 6.07 Å². The summed E-state index contributed by atoms with van der Waals surface area (Å²) in [5.74, 6) is -1.53. The number of carbonyl (C=O) groups excluding carboxylic acids is 1. The van der Waals surface area contributed by atoms with E-state index in [0.717, 1.165) is 0 Å². The average molecular weight is 395 g/mol. The molecule has 1 aromatic rings. The maximum Gasteiger partial charge on any atom is 0.337 e. The highest BCUT2D eigenvalue weighted by atomic mass is 79.9. The molecule has 0 saturated heterocycles. The standard InChI is InChI=1S/C12H13Br2NO4/c1-6(2)19-5-10(16)15-11-8(12(17)18)3-7(13)4-9(11)14/h3-4,6H,5H2,1-2H3,(H,15,16)(H,17,18). The molecule has 0 aliphatic carbocycles. The zero-order chi connectivity index (χ0) is 14.6. The lowest BCUT2D eigenvalue weighted by Gasteiger charge is -2.12. The van der Waals surface area contributed by atoms with E-state index in [-0.39, 0.29) is 24.0 Å². The van der Waals surface area contributed by atoms with Crippen molar-refractivity contribution in [1.29, 1.82) is 0 Å². The second kappa shape index (κ2) is 7.02. The van der Waals surface area contributed by atoms with Gasteiger partial charge in [0.05, 0.1) is 17.4 Å². The summed E-state index contributed by atoms with van der Waals surface area (Å²) >= 11 is 6.43. The zero-order valence-electron chi connectivity index (χ0n) is 10.4. The van der Waals surface area contributed by atoms with Crippen LogP contribution in [0.3, 0.4) is 0 Å². The van der Waals surface area contributed by atoms with Crippen molar-refractivity contribution in [3.8, 4) is 0 Å². The van der Waals surface area contributed by atoms with Crippen molar-refractivity contribution >= 4 is 49.4 Å². The third-order valence-electron chi connectivity index (χ3n) is 2.10. The van der Waals surface area contributed by atoms with Gasteiger partial charge in [0, 0.05) is 8.95 Å². The van der Waals surface area contributed by atoms with Gasteiger partial charge in [-0.1, -0.05) is 15.9 Å². The van der Waals surface area contributed by atoms with Gasteiger partial charge in [0.1, 0.15) is 6.61 Å². The van der Waals surface area contributed by atoms with Crippen LogP contribution in [-0.2, 0) is 9.53 Å². The second-order valence-corrected chi connectivity index (χ2v) is 5.79. The van der Waals surface area contributed by atoms with Gasteiger partial charge in [-0.3, -0.25) is 4.79 Å². The average Bonchev–Trinajstić information content (AvgIpc) is 2.29. The van der Waals surface area contributed by atoms with Crippen LogP contribution in [0.4, 0.5) is 5.69 Å². The monoisotopic (exact) mass is 393 g/mol. The van der Waals surface area contributed by atoms with Gasteiger partial charge >= 0.3 is 5.97 Å². The molecule has 0 unspecified atom stereocenters. The minimum absolute atomic E-state index is 0.000790. The van der Waals surface area contributed by atoms with Crippen molar-refractivity contribution in [3.05, 3.63) is 26.6 Å². The first-order valence-corrected chi connectivity index (χ1v) is 7.03. The molecule has 0 spiro atoms. The van der Waals surface area contributed by atoms with E-state index in [4.69, 9.17) is 9.84 Å². The molecule has 0 heterocycles. The topological polar surface area (TPSA) is 75.6 Å². The lowest BCUT2D eigenvalue weighted by atomic mass is 10.2. The first-order chi connectivity index (χ1) is 8.81. The molecular weight excluding hydrogens is 382 g/mol. The van der Waals surface area contributed by atoms with Crippen LogP contribution in [0.1, 0.15) is 24.2 Å². The summed E-state index contributed by atoms with van der Waals surface area (Å²) in [5.41, 5.74) is 0.215. The Kier molecular flexibility index (Phi) is 5.96. The third-order valence-corrected chi connectivity index (χ3v) is 3.18. The van der Waals surface area contributed by atoms with Gasteiger partial charge in [-0.15, -0.1) is 0 Å². The lowest BCUT2D eigenvalue weighted by Crippen LogP contribution is -2.22. The summed E-state index contributed by atoms with van der Waals surface area (Å²) in [6.07, 6.45) is -0.0712. The molecule has 0 aliphatic rings. The molecule has 1 amide bonds. The van der Waals surface area contributed by atoms with Gasteiger partial charge in [0.15, 0.2) is 0 Å². The predicted octanol–water partition coefficient (Wildman–Crippen LogP) is 3.27. The minimum Gasteiger partial charge on any atom is -0.478 e. The summed E-state index contributed by atoms with van der Waals surface area (Å²) in [6, 6.07) is 3.08. The molecule has 2 N–H and O–H groups in total. The van der Waals surface area contributed by atoms with Gasteiger partial charge in [0.2, 0.25) is 5.91 Å². The Bertz CT molecular complexity index is 503. The van der Waals surface area contributed by atoms with Crippen LogP contribution in [0.15, 0.2) is 21.1 Å². The number of carboxylic acid groups (broad SMARTS) is 1. The zero-order valence-corrected chi connectivity index (χ0v) is 13.5. The second-order valence-electron chi connectivity index (χ2n) is 4.02. The van der Waals surface area contributed by atoms with Gasteiger partial charge in [-0.25, -0.2) is 4.79 Å². The molecule has 0 saturated carbocycles. The molecule has 0 fully saturated rings. The highest BCUT2D eigenvalue weighted by molar-refractivity contribution is 9.11. The number of carbonyl (C=O) groups is 2. The first kappa shape index (κ1) is 16.1. The maximum atomic E-state index is 11.7. The van der Waals surface area contributed by atoms with Crippen molar-refractivity contribution in [2.75, 3.05) is 11.9 Å².